The predicted molar refractivity (Wildman–Crippen MR) is 90.3 cm³/mol. The summed E-state index contributed by atoms with van der Waals surface area (Å²) in [6.07, 6.45) is 2.84. The highest BCUT2D eigenvalue weighted by Crippen LogP contribution is 2.45. The second-order valence-corrected chi connectivity index (χ2v) is 5.93. The molecule has 1 aromatic carbocycles. The monoisotopic (exact) mass is 316 g/mol. The van der Waals surface area contributed by atoms with Crippen LogP contribution in [0.5, 0.6) is 0 Å². The Morgan fingerprint density at radius 1 is 1.10 bits per heavy atom. The van der Waals surface area contributed by atoms with E-state index in [1.807, 2.05) is 0 Å². The van der Waals surface area contributed by atoms with Crippen LogP contribution < -0.4 is 5.32 Å². The SMILES string of the molecule is Cc1ccc([C@@H](C2CC2)N2CCNCC2)c(C)c1.Cl.Cl. The molecule has 1 aromatic rings. The lowest BCUT2D eigenvalue weighted by Crippen LogP contribution is -2.45. The van der Waals surface area contributed by atoms with Crippen LogP contribution in [0.25, 0.3) is 0 Å². The first kappa shape index (κ1) is 17.8. The lowest BCUT2D eigenvalue weighted by Gasteiger charge is -2.36. The number of nitrogens with one attached hydrogen (secondary N) is 1. The van der Waals surface area contributed by atoms with Crippen molar-refractivity contribution >= 4 is 24.8 Å². The zero-order valence-electron chi connectivity index (χ0n) is 12.4. The minimum absolute atomic E-state index is 0. The maximum atomic E-state index is 3.46. The summed E-state index contributed by atoms with van der Waals surface area (Å²) in [7, 11) is 0. The fourth-order valence-corrected chi connectivity index (χ4v) is 3.28. The molecule has 1 heterocycles. The number of hydrogen-bond acceptors (Lipinski definition) is 2. The number of aryl methyl sites for hydroxylation is 2. The number of nitrogens with zero attached hydrogens (tertiary/aromatic N) is 1. The maximum Gasteiger partial charge on any atom is 0.0379 e. The van der Waals surface area contributed by atoms with Gasteiger partial charge in [-0.2, -0.15) is 0 Å². The van der Waals surface area contributed by atoms with Gasteiger partial charge in [0.1, 0.15) is 0 Å². The van der Waals surface area contributed by atoms with E-state index in [0.29, 0.717) is 6.04 Å². The van der Waals surface area contributed by atoms with Gasteiger partial charge >= 0.3 is 0 Å². The zero-order chi connectivity index (χ0) is 12.5. The van der Waals surface area contributed by atoms with E-state index < -0.39 is 0 Å². The van der Waals surface area contributed by atoms with Gasteiger partial charge in [0.2, 0.25) is 0 Å². The summed E-state index contributed by atoms with van der Waals surface area (Å²) in [5.74, 6) is 0.907. The van der Waals surface area contributed by atoms with Gasteiger partial charge in [0, 0.05) is 32.2 Å². The van der Waals surface area contributed by atoms with Gasteiger partial charge in [0.25, 0.3) is 0 Å². The van der Waals surface area contributed by atoms with Crippen LogP contribution in [0.3, 0.4) is 0 Å². The summed E-state index contributed by atoms with van der Waals surface area (Å²) < 4.78 is 0. The van der Waals surface area contributed by atoms with Gasteiger partial charge in [-0.25, -0.2) is 0 Å². The van der Waals surface area contributed by atoms with Gasteiger partial charge in [-0.15, -0.1) is 24.8 Å². The Kier molecular flexibility index (Phi) is 6.80. The third-order valence-corrected chi connectivity index (χ3v) is 4.36. The number of halogens is 2. The topological polar surface area (TPSA) is 15.3 Å². The molecule has 4 heteroatoms. The van der Waals surface area contributed by atoms with Gasteiger partial charge in [-0.05, 0) is 43.7 Å². The minimum atomic E-state index is 0. The van der Waals surface area contributed by atoms with Crippen molar-refractivity contribution in [2.75, 3.05) is 26.2 Å². The molecular weight excluding hydrogens is 291 g/mol. The van der Waals surface area contributed by atoms with E-state index in [0.717, 1.165) is 19.0 Å². The highest BCUT2D eigenvalue weighted by atomic mass is 35.5. The molecule has 1 aliphatic carbocycles. The molecule has 1 saturated heterocycles. The number of rotatable bonds is 3. The highest BCUT2D eigenvalue weighted by molar-refractivity contribution is 5.85. The van der Waals surface area contributed by atoms with Crippen molar-refractivity contribution in [3.8, 4) is 0 Å². The second-order valence-electron chi connectivity index (χ2n) is 5.93. The number of hydrogen-bond donors (Lipinski definition) is 1. The Balaban J connectivity index is 0.000001000. The van der Waals surface area contributed by atoms with Crippen molar-refractivity contribution in [2.45, 2.75) is 32.7 Å². The predicted octanol–water partition coefficient (Wildman–Crippen LogP) is 3.50. The fraction of sp³-hybridized carbons (Fsp3) is 0.625. The molecule has 1 aliphatic heterocycles. The first-order valence-electron chi connectivity index (χ1n) is 7.27. The fourth-order valence-electron chi connectivity index (χ4n) is 3.28. The van der Waals surface area contributed by atoms with Gasteiger partial charge in [-0.1, -0.05) is 23.8 Å². The van der Waals surface area contributed by atoms with Crippen LogP contribution in [0.15, 0.2) is 18.2 Å². The van der Waals surface area contributed by atoms with E-state index in [4.69, 9.17) is 0 Å². The molecule has 2 nitrogen and oxygen atoms in total. The first-order valence-corrected chi connectivity index (χ1v) is 7.27. The van der Waals surface area contributed by atoms with Gasteiger partial charge in [0.05, 0.1) is 0 Å². The molecule has 2 fully saturated rings. The Bertz CT molecular complexity index is 426. The molecule has 1 atom stereocenters. The lowest BCUT2D eigenvalue weighted by molar-refractivity contribution is 0.155. The quantitative estimate of drug-likeness (QED) is 0.918. The summed E-state index contributed by atoms with van der Waals surface area (Å²) in [4.78, 5) is 2.70. The number of benzene rings is 1. The highest BCUT2D eigenvalue weighted by Gasteiger charge is 2.37. The third kappa shape index (κ3) is 3.88. The van der Waals surface area contributed by atoms with Gasteiger partial charge in [-0.3, -0.25) is 4.90 Å². The molecule has 2 aliphatic rings. The molecule has 0 amide bonds. The van der Waals surface area contributed by atoms with Crippen LogP contribution in [-0.2, 0) is 0 Å². The standard InChI is InChI=1S/C16H24N2.2ClH/c1-12-3-6-15(13(2)11-12)16(14-4-5-14)18-9-7-17-8-10-18;;/h3,6,11,14,16-17H,4-5,7-10H2,1-2H3;2*1H/t16-;;/m1../s1. The average Bonchev–Trinajstić information content (AvgIpc) is 3.18. The van der Waals surface area contributed by atoms with E-state index in [1.165, 1.54) is 37.1 Å². The van der Waals surface area contributed by atoms with Crippen molar-refractivity contribution in [3.05, 3.63) is 34.9 Å². The normalized spacial score (nSPS) is 20.7. The molecule has 1 N–H and O–H groups in total. The summed E-state index contributed by atoms with van der Waals surface area (Å²) >= 11 is 0. The van der Waals surface area contributed by atoms with Crippen LogP contribution in [0, 0.1) is 19.8 Å². The molecule has 3 rings (SSSR count). The summed E-state index contributed by atoms with van der Waals surface area (Å²) in [5, 5.41) is 3.46. The first-order chi connectivity index (χ1) is 8.75. The molecule has 0 aromatic heterocycles. The summed E-state index contributed by atoms with van der Waals surface area (Å²) in [5.41, 5.74) is 4.43. The zero-order valence-corrected chi connectivity index (χ0v) is 14.0. The summed E-state index contributed by atoms with van der Waals surface area (Å²) in [6.45, 7) is 9.17. The average molecular weight is 317 g/mol. The maximum absolute atomic E-state index is 3.46. The van der Waals surface area contributed by atoms with E-state index in [2.05, 4.69) is 42.3 Å². The van der Waals surface area contributed by atoms with Crippen LogP contribution in [0.4, 0.5) is 0 Å². The molecule has 114 valence electrons. The molecule has 0 spiro atoms. The van der Waals surface area contributed by atoms with Crippen molar-refractivity contribution in [3.63, 3.8) is 0 Å². The van der Waals surface area contributed by atoms with Crippen molar-refractivity contribution in [1.82, 2.24) is 10.2 Å². The van der Waals surface area contributed by atoms with Crippen molar-refractivity contribution in [1.29, 1.82) is 0 Å². The Morgan fingerprint density at radius 2 is 1.75 bits per heavy atom. The Morgan fingerprint density at radius 3 is 2.30 bits per heavy atom. The van der Waals surface area contributed by atoms with E-state index in [-0.39, 0.29) is 24.8 Å². The van der Waals surface area contributed by atoms with E-state index in [1.54, 1.807) is 5.56 Å². The molecular formula is C16H26Cl2N2. The molecule has 0 unspecified atom stereocenters. The van der Waals surface area contributed by atoms with Crippen LogP contribution in [-0.4, -0.2) is 31.1 Å². The summed E-state index contributed by atoms with van der Waals surface area (Å²) in [6, 6.07) is 7.66. The van der Waals surface area contributed by atoms with Crippen molar-refractivity contribution < 1.29 is 0 Å². The van der Waals surface area contributed by atoms with E-state index in [9.17, 15) is 0 Å². The van der Waals surface area contributed by atoms with Gasteiger partial charge < -0.3 is 5.32 Å². The molecule has 1 saturated carbocycles. The lowest BCUT2D eigenvalue weighted by atomic mass is 9.94. The minimum Gasteiger partial charge on any atom is -0.314 e. The molecule has 20 heavy (non-hydrogen) atoms. The van der Waals surface area contributed by atoms with Crippen LogP contribution in [0.1, 0.15) is 35.6 Å². The van der Waals surface area contributed by atoms with Gasteiger partial charge in [0.15, 0.2) is 0 Å². The number of piperazine rings is 1. The largest absolute Gasteiger partial charge is 0.314 e. The Hall–Kier alpha value is -0.280. The smallest absolute Gasteiger partial charge is 0.0379 e. The van der Waals surface area contributed by atoms with Crippen molar-refractivity contribution in [2.24, 2.45) is 5.92 Å². The molecule has 0 radical (unpaired) electrons. The third-order valence-electron chi connectivity index (χ3n) is 4.36. The second kappa shape index (κ2) is 7.65. The Labute approximate surface area is 135 Å². The van der Waals surface area contributed by atoms with Crippen LogP contribution in [0.2, 0.25) is 0 Å². The molecule has 0 bridgehead atoms. The van der Waals surface area contributed by atoms with Crippen LogP contribution >= 0.6 is 24.8 Å². The van der Waals surface area contributed by atoms with E-state index >= 15 is 0 Å².